The molecule has 1 N–H and O–H groups in total. The molecule has 1 atom stereocenters. The minimum Gasteiger partial charge on any atom is -0.467 e. The zero-order valence-electron chi connectivity index (χ0n) is 14.7. The standard InChI is InChI=1S/C19H23NO5/c1-13-8-9-14-6-4-5-7-15(14)18(13)20(17(22)12-24-2)16(10-11-21)19(23)25-3/h4-9,16,21H,10-12H2,1-3H3/t16-/m0/s1. The van der Waals surface area contributed by atoms with Crippen LogP contribution >= 0.6 is 0 Å². The number of carbonyl (C=O) groups excluding carboxylic acids is 2. The molecular formula is C19H23NO5. The number of hydrogen-bond acceptors (Lipinski definition) is 5. The number of benzene rings is 2. The van der Waals surface area contributed by atoms with Crippen LogP contribution in [0.2, 0.25) is 0 Å². The van der Waals surface area contributed by atoms with Gasteiger partial charge in [0.25, 0.3) is 5.91 Å². The Labute approximate surface area is 147 Å². The molecule has 0 bridgehead atoms. The molecule has 6 heteroatoms. The maximum Gasteiger partial charge on any atom is 0.329 e. The number of ether oxygens (including phenoxy) is 2. The zero-order chi connectivity index (χ0) is 18.4. The summed E-state index contributed by atoms with van der Waals surface area (Å²) in [4.78, 5) is 26.5. The molecule has 0 saturated heterocycles. The third-order valence-corrected chi connectivity index (χ3v) is 4.07. The van der Waals surface area contributed by atoms with Gasteiger partial charge in [0.05, 0.1) is 12.8 Å². The predicted octanol–water partition coefficient (Wildman–Crippen LogP) is 2.05. The van der Waals surface area contributed by atoms with Gasteiger partial charge in [0.2, 0.25) is 0 Å². The van der Waals surface area contributed by atoms with Crippen LogP contribution in [0.1, 0.15) is 12.0 Å². The van der Waals surface area contributed by atoms with E-state index >= 15 is 0 Å². The molecule has 2 aromatic rings. The first-order chi connectivity index (χ1) is 12.0. The molecule has 0 radical (unpaired) electrons. The van der Waals surface area contributed by atoms with E-state index in [2.05, 4.69) is 0 Å². The predicted molar refractivity (Wildman–Crippen MR) is 95.6 cm³/mol. The number of aliphatic hydroxyl groups is 1. The smallest absolute Gasteiger partial charge is 0.329 e. The normalized spacial score (nSPS) is 12.0. The van der Waals surface area contributed by atoms with Gasteiger partial charge < -0.3 is 14.6 Å². The number of aryl methyl sites for hydroxylation is 1. The summed E-state index contributed by atoms with van der Waals surface area (Å²) < 4.78 is 9.86. The molecule has 25 heavy (non-hydrogen) atoms. The number of carbonyl (C=O) groups is 2. The number of amides is 1. The Morgan fingerprint density at radius 2 is 1.88 bits per heavy atom. The Bertz CT molecular complexity index is 759. The van der Waals surface area contributed by atoms with Crippen LogP contribution in [0.5, 0.6) is 0 Å². The molecule has 0 unspecified atom stereocenters. The van der Waals surface area contributed by atoms with Gasteiger partial charge in [-0.15, -0.1) is 0 Å². The van der Waals surface area contributed by atoms with Gasteiger partial charge in [0.1, 0.15) is 12.6 Å². The van der Waals surface area contributed by atoms with E-state index in [1.54, 1.807) is 0 Å². The molecule has 0 aliphatic carbocycles. The van der Waals surface area contributed by atoms with Crippen molar-refractivity contribution in [2.75, 3.05) is 32.3 Å². The Morgan fingerprint density at radius 3 is 2.52 bits per heavy atom. The Balaban J connectivity index is 2.69. The van der Waals surface area contributed by atoms with E-state index in [1.165, 1.54) is 19.1 Å². The third kappa shape index (κ3) is 3.97. The van der Waals surface area contributed by atoms with Crippen molar-refractivity contribution in [2.45, 2.75) is 19.4 Å². The summed E-state index contributed by atoms with van der Waals surface area (Å²) in [5.41, 5.74) is 1.47. The van der Waals surface area contributed by atoms with Crippen molar-refractivity contribution < 1.29 is 24.2 Å². The number of aliphatic hydroxyl groups excluding tert-OH is 1. The second kappa shape index (κ2) is 8.60. The molecule has 0 heterocycles. The lowest BCUT2D eigenvalue weighted by atomic mass is 10.0. The fourth-order valence-electron chi connectivity index (χ4n) is 2.94. The second-order valence-corrected chi connectivity index (χ2v) is 5.70. The highest BCUT2D eigenvalue weighted by Gasteiger charge is 2.33. The van der Waals surface area contributed by atoms with Gasteiger partial charge in [-0.2, -0.15) is 0 Å². The highest BCUT2D eigenvalue weighted by Crippen LogP contribution is 2.33. The number of fused-ring (bicyclic) bond motifs is 1. The van der Waals surface area contributed by atoms with E-state index in [4.69, 9.17) is 9.47 Å². The number of methoxy groups -OCH3 is 2. The molecule has 6 nitrogen and oxygen atoms in total. The first-order valence-corrected chi connectivity index (χ1v) is 8.03. The van der Waals surface area contributed by atoms with E-state index in [9.17, 15) is 14.7 Å². The molecule has 1 amide bonds. The van der Waals surface area contributed by atoms with Crippen molar-refractivity contribution in [1.29, 1.82) is 0 Å². The Kier molecular flexibility index (Phi) is 6.50. The molecule has 0 spiro atoms. The van der Waals surface area contributed by atoms with Crippen LogP contribution in [0, 0.1) is 6.92 Å². The SMILES string of the molecule is COCC(=O)N(c1c(C)ccc2ccccc12)[C@@H](CCO)C(=O)OC. The van der Waals surface area contributed by atoms with Crippen molar-refractivity contribution in [2.24, 2.45) is 0 Å². The van der Waals surface area contributed by atoms with Crippen molar-refractivity contribution in [1.82, 2.24) is 0 Å². The number of hydrogen-bond donors (Lipinski definition) is 1. The van der Waals surface area contributed by atoms with Crippen LogP contribution in [-0.4, -0.2) is 50.5 Å². The van der Waals surface area contributed by atoms with Gasteiger partial charge >= 0.3 is 5.97 Å². The molecule has 0 saturated carbocycles. The second-order valence-electron chi connectivity index (χ2n) is 5.70. The van der Waals surface area contributed by atoms with Crippen LogP contribution in [0.25, 0.3) is 10.8 Å². The molecule has 0 aliphatic heterocycles. The Morgan fingerprint density at radius 1 is 1.16 bits per heavy atom. The van der Waals surface area contributed by atoms with Gasteiger partial charge in [0.15, 0.2) is 0 Å². The van der Waals surface area contributed by atoms with E-state index in [-0.39, 0.29) is 25.5 Å². The summed E-state index contributed by atoms with van der Waals surface area (Å²) in [6.07, 6.45) is 0.0742. The summed E-state index contributed by atoms with van der Waals surface area (Å²) in [5, 5.41) is 11.2. The molecule has 2 rings (SSSR count). The van der Waals surface area contributed by atoms with E-state index < -0.39 is 12.0 Å². The highest BCUT2D eigenvalue weighted by atomic mass is 16.5. The molecule has 134 valence electrons. The average Bonchev–Trinajstić information content (AvgIpc) is 2.62. The number of nitrogens with zero attached hydrogens (tertiary/aromatic N) is 1. The van der Waals surface area contributed by atoms with Crippen LogP contribution < -0.4 is 4.90 Å². The first kappa shape index (κ1) is 18.9. The minimum atomic E-state index is -0.929. The van der Waals surface area contributed by atoms with Gasteiger partial charge in [-0.05, 0) is 17.9 Å². The largest absolute Gasteiger partial charge is 0.467 e. The zero-order valence-corrected chi connectivity index (χ0v) is 14.7. The lowest BCUT2D eigenvalue weighted by Crippen LogP contribution is -2.48. The van der Waals surface area contributed by atoms with Crippen LogP contribution in [0.3, 0.4) is 0 Å². The van der Waals surface area contributed by atoms with Crippen LogP contribution in [0.4, 0.5) is 5.69 Å². The molecule has 0 aromatic heterocycles. The van der Waals surface area contributed by atoms with Crippen molar-refractivity contribution >= 4 is 28.3 Å². The fourth-order valence-corrected chi connectivity index (χ4v) is 2.94. The molecule has 0 aliphatic rings. The molecule has 0 fully saturated rings. The van der Waals surface area contributed by atoms with E-state index in [0.29, 0.717) is 5.69 Å². The first-order valence-electron chi connectivity index (χ1n) is 8.03. The summed E-state index contributed by atoms with van der Waals surface area (Å²) in [5.74, 6) is -0.948. The molecule has 2 aromatic carbocycles. The van der Waals surface area contributed by atoms with Gasteiger partial charge in [-0.3, -0.25) is 9.69 Å². The summed E-state index contributed by atoms with van der Waals surface area (Å²) >= 11 is 0. The van der Waals surface area contributed by atoms with Crippen LogP contribution in [0.15, 0.2) is 36.4 Å². The topological polar surface area (TPSA) is 76.1 Å². The van der Waals surface area contributed by atoms with E-state index in [1.807, 2.05) is 43.3 Å². The quantitative estimate of drug-likeness (QED) is 0.777. The highest BCUT2D eigenvalue weighted by molar-refractivity contribution is 6.08. The van der Waals surface area contributed by atoms with Gasteiger partial charge in [-0.1, -0.05) is 36.4 Å². The van der Waals surface area contributed by atoms with Crippen LogP contribution in [-0.2, 0) is 19.1 Å². The minimum absolute atomic E-state index is 0.0742. The monoisotopic (exact) mass is 345 g/mol. The fraction of sp³-hybridized carbons (Fsp3) is 0.368. The lowest BCUT2D eigenvalue weighted by Gasteiger charge is -2.31. The lowest BCUT2D eigenvalue weighted by molar-refractivity contribution is -0.144. The molecular weight excluding hydrogens is 322 g/mol. The average molecular weight is 345 g/mol. The van der Waals surface area contributed by atoms with Gasteiger partial charge in [0, 0.05) is 25.5 Å². The maximum atomic E-state index is 12.8. The maximum absolute atomic E-state index is 12.8. The third-order valence-electron chi connectivity index (χ3n) is 4.07. The van der Waals surface area contributed by atoms with Gasteiger partial charge in [-0.25, -0.2) is 4.79 Å². The van der Waals surface area contributed by atoms with Crippen molar-refractivity contribution in [3.8, 4) is 0 Å². The number of anilines is 1. The number of esters is 1. The Hall–Kier alpha value is -2.44. The summed E-state index contributed by atoms with van der Waals surface area (Å²) in [6, 6.07) is 10.6. The number of rotatable bonds is 7. The van der Waals surface area contributed by atoms with Crippen molar-refractivity contribution in [3.63, 3.8) is 0 Å². The summed E-state index contributed by atoms with van der Waals surface area (Å²) in [6.45, 7) is 1.45. The van der Waals surface area contributed by atoms with E-state index in [0.717, 1.165) is 16.3 Å². The summed E-state index contributed by atoms with van der Waals surface area (Å²) in [7, 11) is 2.69. The van der Waals surface area contributed by atoms with Crippen molar-refractivity contribution in [3.05, 3.63) is 42.0 Å².